The second-order valence-corrected chi connectivity index (χ2v) is 13.0. The van der Waals surface area contributed by atoms with Gasteiger partial charge in [-0.3, -0.25) is 9.69 Å². The first-order valence-electron chi connectivity index (χ1n) is 16.2. The number of ether oxygens (including phenoxy) is 2. The van der Waals surface area contributed by atoms with Crippen LogP contribution in [0.25, 0.3) is 11.1 Å². The van der Waals surface area contributed by atoms with Crippen LogP contribution >= 0.6 is 0 Å². The molecule has 1 aliphatic carbocycles. The second-order valence-electron chi connectivity index (χ2n) is 13.0. The molecule has 230 valence electrons. The molecular formula is C34H45N5O4. The van der Waals surface area contributed by atoms with Crippen molar-refractivity contribution in [3.8, 4) is 11.5 Å². The van der Waals surface area contributed by atoms with Gasteiger partial charge in [-0.25, -0.2) is 0 Å². The molecule has 3 aromatic rings. The number of piperidine rings is 2. The minimum atomic E-state index is -0.0353. The fraction of sp³-hybridized carbons (Fsp3) is 0.588. The first-order valence-corrected chi connectivity index (χ1v) is 16.2. The predicted molar refractivity (Wildman–Crippen MR) is 167 cm³/mol. The number of methoxy groups -OCH3 is 2. The highest BCUT2D eigenvalue weighted by Crippen LogP contribution is 2.37. The molecular weight excluding hydrogens is 542 g/mol. The van der Waals surface area contributed by atoms with E-state index >= 15 is 0 Å². The lowest BCUT2D eigenvalue weighted by molar-refractivity contribution is 0.0463. The lowest BCUT2D eigenvalue weighted by Gasteiger charge is -2.49. The third kappa shape index (κ3) is 5.46. The summed E-state index contributed by atoms with van der Waals surface area (Å²) in [6, 6.07) is 14.5. The number of rotatable bonds is 7. The number of fused-ring (bicyclic) bond motifs is 4. The average Bonchev–Trinajstić information content (AvgIpc) is 3.46. The molecule has 4 fully saturated rings. The van der Waals surface area contributed by atoms with Crippen LogP contribution in [-0.4, -0.2) is 85.3 Å². The number of benzene rings is 2. The summed E-state index contributed by atoms with van der Waals surface area (Å²) in [6.07, 6.45) is 10.5. The first-order chi connectivity index (χ1) is 21.0. The van der Waals surface area contributed by atoms with Crippen molar-refractivity contribution >= 4 is 23.0 Å². The van der Waals surface area contributed by atoms with Crippen molar-refractivity contribution in [1.82, 2.24) is 20.1 Å². The van der Waals surface area contributed by atoms with Gasteiger partial charge < -0.3 is 29.0 Å². The molecule has 1 N–H and O–H groups in total. The van der Waals surface area contributed by atoms with E-state index in [0.717, 1.165) is 56.8 Å². The molecule has 43 heavy (non-hydrogen) atoms. The molecule has 3 saturated heterocycles. The molecule has 3 aliphatic heterocycles. The van der Waals surface area contributed by atoms with E-state index in [1.54, 1.807) is 14.2 Å². The van der Waals surface area contributed by atoms with E-state index in [1.165, 1.54) is 37.7 Å². The molecule has 9 heteroatoms. The molecule has 1 amide bonds. The Labute approximate surface area is 254 Å². The number of aromatic nitrogens is 1. The van der Waals surface area contributed by atoms with E-state index < -0.39 is 0 Å². The van der Waals surface area contributed by atoms with Gasteiger partial charge in [-0.2, -0.15) is 4.98 Å². The largest absolute Gasteiger partial charge is 0.497 e. The van der Waals surface area contributed by atoms with Gasteiger partial charge in [0.05, 0.1) is 19.8 Å². The van der Waals surface area contributed by atoms with Crippen LogP contribution in [0, 0.1) is 0 Å². The van der Waals surface area contributed by atoms with Crippen LogP contribution in [0.2, 0.25) is 0 Å². The van der Waals surface area contributed by atoms with Gasteiger partial charge in [-0.15, -0.1) is 0 Å². The van der Waals surface area contributed by atoms with E-state index in [4.69, 9.17) is 18.9 Å². The fourth-order valence-corrected chi connectivity index (χ4v) is 8.32. The van der Waals surface area contributed by atoms with Crippen LogP contribution in [0.1, 0.15) is 73.7 Å². The van der Waals surface area contributed by atoms with Gasteiger partial charge in [0, 0.05) is 61.5 Å². The molecule has 2 aromatic carbocycles. The number of piperazine rings is 1. The normalized spacial score (nSPS) is 28.0. The van der Waals surface area contributed by atoms with E-state index in [0.29, 0.717) is 46.8 Å². The summed E-state index contributed by atoms with van der Waals surface area (Å²) in [5.74, 6) is 1.63. The Morgan fingerprint density at radius 3 is 2.53 bits per heavy atom. The Morgan fingerprint density at radius 2 is 1.77 bits per heavy atom. The van der Waals surface area contributed by atoms with Crippen molar-refractivity contribution in [1.29, 1.82) is 0 Å². The molecule has 0 spiro atoms. The maximum absolute atomic E-state index is 13.6. The Balaban J connectivity index is 1.09. The molecule has 9 nitrogen and oxygen atoms in total. The third-order valence-corrected chi connectivity index (χ3v) is 10.6. The summed E-state index contributed by atoms with van der Waals surface area (Å²) in [5.41, 5.74) is 3.13. The Hall–Kier alpha value is -3.30. The monoisotopic (exact) mass is 587 g/mol. The first kappa shape index (κ1) is 28.5. The number of carbonyl (C=O) groups excluding carboxylic acids is 1. The van der Waals surface area contributed by atoms with Crippen LogP contribution in [0.5, 0.6) is 11.5 Å². The van der Waals surface area contributed by atoms with Crippen molar-refractivity contribution < 1.29 is 18.7 Å². The van der Waals surface area contributed by atoms with Crippen LogP contribution in [0.15, 0.2) is 40.8 Å². The maximum Gasteiger partial charge on any atom is 0.298 e. The van der Waals surface area contributed by atoms with Crippen LogP contribution in [0.4, 0.5) is 6.01 Å². The zero-order valence-electron chi connectivity index (χ0n) is 25.8. The highest BCUT2D eigenvalue weighted by Gasteiger charge is 2.41. The van der Waals surface area contributed by atoms with Gasteiger partial charge >= 0.3 is 0 Å². The predicted octanol–water partition coefficient (Wildman–Crippen LogP) is 5.22. The van der Waals surface area contributed by atoms with Crippen LogP contribution in [0.3, 0.4) is 0 Å². The Morgan fingerprint density at radius 1 is 0.977 bits per heavy atom. The molecule has 4 aliphatic rings. The molecule has 4 heterocycles. The lowest BCUT2D eigenvalue weighted by Crippen LogP contribution is -2.60. The number of nitrogens with one attached hydrogen (secondary N) is 1. The van der Waals surface area contributed by atoms with Gasteiger partial charge in [0.15, 0.2) is 5.58 Å². The van der Waals surface area contributed by atoms with Crippen molar-refractivity contribution in [3.05, 3.63) is 47.5 Å². The minimum Gasteiger partial charge on any atom is -0.497 e. The Kier molecular flexibility index (Phi) is 7.95. The van der Waals surface area contributed by atoms with Gasteiger partial charge in [0.1, 0.15) is 17.0 Å². The van der Waals surface area contributed by atoms with E-state index in [2.05, 4.69) is 33.1 Å². The van der Waals surface area contributed by atoms with E-state index in [9.17, 15) is 4.79 Å². The summed E-state index contributed by atoms with van der Waals surface area (Å²) >= 11 is 0. The topological polar surface area (TPSA) is 83.3 Å². The van der Waals surface area contributed by atoms with Crippen molar-refractivity contribution in [2.24, 2.45) is 0 Å². The van der Waals surface area contributed by atoms with Crippen molar-refractivity contribution in [2.75, 3.05) is 39.3 Å². The van der Waals surface area contributed by atoms with Gasteiger partial charge in [0.2, 0.25) is 0 Å². The van der Waals surface area contributed by atoms with Crippen molar-refractivity contribution in [3.63, 3.8) is 0 Å². The number of amides is 1. The average molecular weight is 588 g/mol. The Bertz CT molecular complexity index is 1440. The van der Waals surface area contributed by atoms with Gasteiger partial charge in [-0.1, -0.05) is 31.4 Å². The molecule has 2 unspecified atom stereocenters. The van der Waals surface area contributed by atoms with Crippen LogP contribution in [-0.2, 0) is 6.54 Å². The molecule has 4 atom stereocenters. The standard InChI is InChI=1S/C34H45N5O4/c1-37-24-8-6-9-25(37)19-23(18-24)35-33(40)27-10-7-13-30-32(27)36-34(43-30)39-17-16-38(28-11-4-5-12-29(28)39)21-22-14-15-26(41-2)20-31(22)42-3/h7,10,13-15,20,23-25,28-29H,4-6,8-9,11-12,16-19,21H2,1-3H3,(H,35,40)/t23?,24?,25?,28-,29-/m0/s1. The highest BCUT2D eigenvalue weighted by molar-refractivity contribution is 6.04. The molecule has 0 radical (unpaired) electrons. The van der Waals surface area contributed by atoms with Gasteiger partial charge in [0.25, 0.3) is 11.9 Å². The summed E-state index contributed by atoms with van der Waals surface area (Å²) in [6.45, 7) is 2.56. The smallest absolute Gasteiger partial charge is 0.298 e. The number of anilines is 1. The fourth-order valence-electron chi connectivity index (χ4n) is 8.32. The number of nitrogens with zero attached hydrogens (tertiary/aromatic N) is 4. The second kappa shape index (κ2) is 12.0. The summed E-state index contributed by atoms with van der Waals surface area (Å²) in [4.78, 5) is 26.1. The summed E-state index contributed by atoms with van der Waals surface area (Å²) < 4.78 is 17.5. The maximum atomic E-state index is 13.6. The summed E-state index contributed by atoms with van der Waals surface area (Å²) in [7, 11) is 5.65. The lowest BCUT2D eigenvalue weighted by atomic mass is 9.82. The quantitative estimate of drug-likeness (QED) is 0.403. The number of hydrogen-bond donors (Lipinski definition) is 1. The molecule has 2 bridgehead atoms. The molecule has 1 aromatic heterocycles. The summed E-state index contributed by atoms with van der Waals surface area (Å²) in [5, 5.41) is 3.37. The number of hydrogen-bond acceptors (Lipinski definition) is 8. The van der Waals surface area contributed by atoms with Gasteiger partial charge in [-0.05, 0) is 63.8 Å². The zero-order chi connectivity index (χ0) is 29.5. The van der Waals surface area contributed by atoms with E-state index in [-0.39, 0.29) is 11.9 Å². The molecule has 7 rings (SSSR count). The third-order valence-electron chi connectivity index (χ3n) is 10.6. The highest BCUT2D eigenvalue weighted by atomic mass is 16.5. The number of para-hydroxylation sites is 1. The minimum absolute atomic E-state index is 0.0353. The number of carbonyl (C=O) groups is 1. The SMILES string of the molecule is COc1ccc(CN2CCN(c3nc4c(C(=O)NC5CC6CCCC(C5)N6C)cccc4o3)[C@H]3CCCC[C@@H]32)c(OC)c1. The number of oxazole rings is 1. The zero-order valence-corrected chi connectivity index (χ0v) is 25.8. The van der Waals surface area contributed by atoms with Crippen LogP contribution < -0.4 is 19.7 Å². The van der Waals surface area contributed by atoms with E-state index in [1.807, 2.05) is 30.3 Å². The van der Waals surface area contributed by atoms with Crippen molar-refractivity contribution in [2.45, 2.75) is 94.5 Å². The molecule has 1 saturated carbocycles.